The van der Waals surface area contributed by atoms with E-state index in [0.717, 1.165) is 32.4 Å². The molecule has 2 aromatic rings. The quantitative estimate of drug-likeness (QED) is 0.396. The molecule has 166 valence electrons. The van der Waals surface area contributed by atoms with Crippen molar-refractivity contribution in [2.75, 3.05) is 19.5 Å². The average molecular weight is 449 g/mol. The first kappa shape index (κ1) is 23.6. The highest BCUT2D eigenvalue weighted by molar-refractivity contribution is 5.99. The van der Waals surface area contributed by atoms with E-state index in [0.29, 0.717) is 6.08 Å². The SMILES string of the molecule is COC(=O)/C=C(/Nc1cccc(F)c1Oc1c(F)cc(C(F)(F)F)cc1F)C(=O)OC. The van der Waals surface area contributed by atoms with Crippen molar-refractivity contribution in [1.82, 2.24) is 0 Å². The highest BCUT2D eigenvalue weighted by Gasteiger charge is 2.33. The van der Waals surface area contributed by atoms with Gasteiger partial charge in [0.05, 0.1) is 31.5 Å². The number of para-hydroxylation sites is 1. The molecule has 2 aromatic carbocycles. The van der Waals surface area contributed by atoms with Crippen LogP contribution >= 0.6 is 0 Å². The summed E-state index contributed by atoms with van der Waals surface area (Å²) in [5.74, 6) is -8.97. The van der Waals surface area contributed by atoms with E-state index in [9.17, 15) is 35.9 Å². The molecule has 0 bridgehead atoms. The Morgan fingerprint density at radius 3 is 2.06 bits per heavy atom. The summed E-state index contributed by atoms with van der Waals surface area (Å²) in [7, 11) is 1.99. The molecule has 6 nitrogen and oxygen atoms in total. The molecule has 0 atom stereocenters. The minimum absolute atomic E-state index is 0.0244. The summed E-state index contributed by atoms with van der Waals surface area (Å²) < 4.78 is 94.3. The number of hydrogen-bond acceptors (Lipinski definition) is 6. The normalized spacial score (nSPS) is 11.7. The molecule has 0 unspecified atom stereocenters. The van der Waals surface area contributed by atoms with Crippen molar-refractivity contribution in [2.24, 2.45) is 0 Å². The fraction of sp³-hybridized carbons (Fsp3) is 0.158. The molecule has 0 aliphatic carbocycles. The number of alkyl halides is 3. The van der Waals surface area contributed by atoms with Crippen LogP contribution in [0.3, 0.4) is 0 Å². The van der Waals surface area contributed by atoms with E-state index in [-0.39, 0.29) is 12.1 Å². The summed E-state index contributed by atoms with van der Waals surface area (Å²) >= 11 is 0. The van der Waals surface area contributed by atoms with Crippen LogP contribution in [-0.4, -0.2) is 26.2 Å². The van der Waals surface area contributed by atoms with Crippen molar-refractivity contribution in [2.45, 2.75) is 6.18 Å². The number of hydrogen-bond donors (Lipinski definition) is 1. The molecule has 0 spiro atoms. The molecule has 0 aliphatic heterocycles. The third-order valence-corrected chi connectivity index (χ3v) is 3.63. The van der Waals surface area contributed by atoms with Crippen molar-refractivity contribution in [3.63, 3.8) is 0 Å². The topological polar surface area (TPSA) is 73.9 Å². The number of benzene rings is 2. The van der Waals surface area contributed by atoms with E-state index < -0.39 is 64.0 Å². The zero-order valence-corrected chi connectivity index (χ0v) is 15.8. The second kappa shape index (κ2) is 9.41. The van der Waals surface area contributed by atoms with Crippen LogP contribution in [0.5, 0.6) is 11.5 Å². The van der Waals surface area contributed by atoms with Gasteiger partial charge in [-0.05, 0) is 24.3 Å². The first-order valence-electron chi connectivity index (χ1n) is 8.15. The number of carbonyl (C=O) groups is 2. The van der Waals surface area contributed by atoms with E-state index in [1.165, 1.54) is 0 Å². The predicted octanol–water partition coefficient (Wildman–Crippen LogP) is 4.56. The minimum atomic E-state index is -5.03. The zero-order chi connectivity index (χ0) is 23.3. The molecular formula is C19H13F6NO5. The van der Waals surface area contributed by atoms with Crippen molar-refractivity contribution < 1.29 is 50.1 Å². The van der Waals surface area contributed by atoms with Crippen LogP contribution in [0.25, 0.3) is 0 Å². The van der Waals surface area contributed by atoms with Gasteiger partial charge < -0.3 is 19.5 Å². The van der Waals surface area contributed by atoms with Crippen LogP contribution < -0.4 is 10.1 Å². The van der Waals surface area contributed by atoms with Crippen molar-refractivity contribution in [1.29, 1.82) is 0 Å². The number of rotatable bonds is 6. The monoisotopic (exact) mass is 449 g/mol. The fourth-order valence-corrected chi connectivity index (χ4v) is 2.21. The highest BCUT2D eigenvalue weighted by Crippen LogP contribution is 2.38. The Hall–Kier alpha value is -3.70. The Balaban J connectivity index is 2.50. The molecule has 2 rings (SSSR count). The molecule has 0 fully saturated rings. The van der Waals surface area contributed by atoms with Crippen LogP contribution in [-0.2, 0) is 25.2 Å². The largest absolute Gasteiger partial charge is 0.466 e. The number of nitrogens with one attached hydrogen (secondary N) is 1. The molecular weight excluding hydrogens is 436 g/mol. The number of halogens is 6. The lowest BCUT2D eigenvalue weighted by atomic mass is 10.2. The molecule has 0 aromatic heterocycles. The van der Waals surface area contributed by atoms with E-state index in [2.05, 4.69) is 14.8 Å². The molecule has 12 heteroatoms. The number of esters is 2. The molecule has 0 radical (unpaired) electrons. The van der Waals surface area contributed by atoms with Crippen molar-refractivity contribution >= 4 is 17.6 Å². The maximum Gasteiger partial charge on any atom is 0.416 e. The molecule has 0 heterocycles. The summed E-state index contributed by atoms with van der Waals surface area (Å²) in [6, 6.07) is 3.00. The third kappa shape index (κ3) is 5.68. The van der Waals surface area contributed by atoms with Gasteiger partial charge in [-0.25, -0.2) is 22.8 Å². The van der Waals surface area contributed by atoms with Crippen LogP contribution in [0.1, 0.15) is 5.56 Å². The first-order chi connectivity index (χ1) is 14.5. The summed E-state index contributed by atoms with van der Waals surface area (Å²) in [5.41, 5.74) is -2.58. The summed E-state index contributed by atoms with van der Waals surface area (Å²) in [5, 5.41) is 2.30. The van der Waals surface area contributed by atoms with Gasteiger partial charge in [0, 0.05) is 0 Å². The number of anilines is 1. The standard InChI is InChI=1S/C19H13F6NO5/c1-29-15(27)8-14(18(28)30-2)26-13-5-3-4-10(20)17(13)31-16-11(21)6-9(7-12(16)22)19(23,24)25/h3-8,26H,1-2H3/b14-8+. The lowest BCUT2D eigenvalue weighted by molar-refractivity contribution is -0.138. The first-order valence-corrected chi connectivity index (χ1v) is 8.15. The fourth-order valence-electron chi connectivity index (χ4n) is 2.21. The van der Waals surface area contributed by atoms with Gasteiger partial charge in [-0.3, -0.25) is 0 Å². The molecule has 31 heavy (non-hydrogen) atoms. The van der Waals surface area contributed by atoms with Gasteiger partial charge in [0.2, 0.25) is 0 Å². The van der Waals surface area contributed by atoms with E-state index in [1.807, 2.05) is 0 Å². The van der Waals surface area contributed by atoms with Crippen LogP contribution in [0, 0.1) is 17.5 Å². The van der Waals surface area contributed by atoms with Gasteiger partial charge in [-0.2, -0.15) is 13.2 Å². The molecule has 0 amide bonds. The number of ether oxygens (including phenoxy) is 3. The van der Waals surface area contributed by atoms with Gasteiger partial charge in [-0.1, -0.05) is 6.07 Å². The number of methoxy groups -OCH3 is 2. The summed E-state index contributed by atoms with van der Waals surface area (Å²) in [4.78, 5) is 23.3. The second-order valence-corrected chi connectivity index (χ2v) is 5.68. The van der Waals surface area contributed by atoms with Gasteiger partial charge in [-0.15, -0.1) is 0 Å². The van der Waals surface area contributed by atoms with Gasteiger partial charge in [0.25, 0.3) is 0 Å². The van der Waals surface area contributed by atoms with Crippen LogP contribution in [0.2, 0.25) is 0 Å². The Labute approximate surface area is 171 Å². The molecule has 1 N–H and O–H groups in total. The van der Waals surface area contributed by atoms with Crippen molar-refractivity contribution in [3.8, 4) is 11.5 Å². The smallest absolute Gasteiger partial charge is 0.416 e. The maximum atomic E-state index is 14.3. The Bertz CT molecular complexity index is 1010. The Morgan fingerprint density at radius 2 is 1.55 bits per heavy atom. The van der Waals surface area contributed by atoms with E-state index in [1.54, 1.807) is 0 Å². The van der Waals surface area contributed by atoms with Gasteiger partial charge >= 0.3 is 18.1 Å². The van der Waals surface area contributed by atoms with Crippen LogP contribution in [0.4, 0.5) is 32.0 Å². The lowest BCUT2D eigenvalue weighted by Gasteiger charge is -2.16. The lowest BCUT2D eigenvalue weighted by Crippen LogP contribution is -2.16. The highest BCUT2D eigenvalue weighted by atomic mass is 19.4. The summed E-state index contributed by atoms with van der Waals surface area (Å²) in [6.07, 6.45) is -4.38. The molecule has 0 saturated carbocycles. The van der Waals surface area contributed by atoms with E-state index in [4.69, 9.17) is 4.74 Å². The van der Waals surface area contributed by atoms with Crippen LogP contribution in [0.15, 0.2) is 42.1 Å². The third-order valence-electron chi connectivity index (χ3n) is 3.63. The van der Waals surface area contributed by atoms with Gasteiger partial charge in [0.1, 0.15) is 5.70 Å². The van der Waals surface area contributed by atoms with E-state index >= 15 is 0 Å². The summed E-state index contributed by atoms with van der Waals surface area (Å²) in [6.45, 7) is 0. The predicted molar refractivity (Wildman–Crippen MR) is 93.6 cm³/mol. The average Bonchev–Trinajstić information content (AvgIpc) is 2.70. The Kier molecular flexibility index (Phi) is 7.16. The van der Waals surface area contributed by atoms with Crippen molar-refractivity contribution in [3.05, 3.63) is 65.1 Å². The zero-order valence-electron chi connectivity index (χ0n) is 15.8. The van der Waals surface area contributed by atoms with Gasteiger partial charge in [0.15, 0.2) is 29.0 Å². The second-order valence-electron chi connectivity index (χ2n) is 5.68. The molecule has 0 aliphatic rings. The number of carbonyl (C=O) groups excluding carboxylic acids is 2. The molecule has 0 saturated heterocycles. The maximum absolute atomic E-state index is 14.3. The Morgan fingerprint density at radius 1 is 0.935 bits per heavy atom. The minimum Gasteiger partial charge on any atom is -0.466 e.